The molecule has 0 aliphatic heterocycles. The summed E-state index contributed by atoms with van der Waals surface area (Å²) in [6.45, 7) is 0. The van der Waals surface area contributed by atoms with Gasteiger partial charge in [0.05, 0.1) is 15.4 Å². The van der Waals surface area contributed by atoms with E-state index in [0.29, 0.717) is 0 Å². The summed E-state index contributed by atoms with van der Waals surface area (Å²) in [5, 5.41) is 0. The first-order chi connectivity index (χ1) is 15.9. The van der Waals surface area contributed by atoms with Crippen molar-refractivity contribution < 1.29 is 34.4 Å². The lowest BCUT2D eigenvalue weighted by atomic mass is 10.1. The Bertz CT molecular complexity index is 1340. The van der Waals surface area contributed by atoms with Crippen molar-refractivity contribution in [1.29, 1.82) is 0 Å². The van der Waals surface area contributed by atoms with E-state index in [0.717, 1.165) is 54.6 Å². The largest absolute Gasteiger partial charge is 0.416 e. The van der Waals surface area contributed by atoms with Gasteiger partial charge in [-0.15, -0.1) is 5.73 Å². The van der Waals surface area contributed by atoms with Crippen LogP contribution in [-0.2, 0) is 25.9 Å². The molecule has 3 aromatic rings. The summed E-state index contributed by atoms with van der Waals surface area (Å²) in [6.07, 6.45) is -3.54. The molecule has 0 aliphatic carbocycles. The number of hydrogen-bond acceptors (Lipinski definition) is 4. The maximum Gasteiger partial charge on any atom is 0.416 e. The first-order valence-corrected chi connectivity index (χ1v) is 12.7. The molecular formula is C24H18F4O4S2. The van der Waals surface area contributed by atoms with Crippen molar-refractivity contribution in [3.8, 4) is 0 Å². The summed E-state index contributed by atoms with van der Waals surface area (Å²) in [6, 6.07) is 16.7. The van der Waals surface area contributed by atoms with Crippen LogP contribution in [0, 0.1) is 0 Å². The lowest BCUT2D eigenvalue weighted by Gasteiger charge is -2.24. The number of sulfone groups is 2. The van der Waals surface area contributed by atoms with Crippen molar-refractivity contribution in [3.05, 3.63) is 108 Å². The van der Waals surface area contributed by atoms with Crippen molar-refractivity contribution in [3.63, 3.8) is 0 Å². The second kappa shape index (κ2) is 9.58. The average molecular weight is 511 g/mol. The topological polar surface area (TPSA) is 68.3 Å². The van der Waals surface area contributed by atoms with Gasteiger partial charge in [0.2, 0.25) is 19.7 Å². The molecule has 0 spiro atoms. The smallest absolute Gasteiger partial charge is 0.219 e. The van der Waals surface area contributed by atoms with Crippen LogP contribution in [0.1, 0.15) is 17.5 Å². The Hall–Kier alpha value is -3.20. The van der Waals surface area contributed by atoms with Crippen LogP contribution in [0.2, 0.25) is 0 Å². The Morgan fingerprint density at radius 2 is 1.12 bits per heavy atom. The number of hydrogen-bond donors (Lipinski definition) is 0. The SMILES string of the molecule is O=S(=O)(c1ccccc1)C(F)(CC=C=Cc1ccc(C(F)(F)F)cc1)S(=O)(=O)c1ccccc1. The van der Waals surface area contributed by atoms with Crippen LogP contribution >= 0.6 is 0 Å². The minimum Gasteiger partial charge on any atom is -0.219 e. The number of allylic oxidation sites excluding steroid dienone is 1. The molecule has 34 heavy (non-hydrogen) atoms. The molecule has 0 atom stereocenters. The van der Waals surface area contributed by atoms with Crippen LogP contribution in [-0.4, -0.2) is 21.2 Å². The molecule has 0 heterocycles. The Balaban J connectivity index is 2.02. The predicted octanol–water partition coefficient (Wildman–Crippen LogP) is 5.83. The quantitative estimate of drug-likeness (QED) is 0.296. The van der Waals surface area contributed by atoms with Crippen LogP contribution in [0.4, 0.5) is 17.6 Å². The molecule has 0 fully saturated rings. The Morgan fingerprint density at radius 3 is 1.53 bits per heavy atom. The molecule has 0 aliphatic rings. The van der Waals surface area contributed by atoms with Gasteiger partial charge >= 0.3 is 10.5 Å². The van der Waals surface area contributed by atoms with E-state index in [9.17, 15) is 30.0 Å². The van der Waals surface area contributed by atoms with Gasteiger partial charge in [-0.25, -0.2) is 21.2 Å². The van der Waals surface area contributed by atoms with E-state index in [1.165, 1.54) is 42.5 Å². The monoisotopic (exact) mass is 510 g/mol. The molecule has 0 radical (unpaired) electrons. The molecule has 178 valence electrons. The summed E-state index contributed by atoms with van der Waals surface area (Å²) in [5.41, 5.74) is 1.87. The van der Waals surface area contributed by atoms with Crippen LogP contribution < -0.4 is 0 Å². The summed E-state index contributed by atoms with van der Waals surface area (Å²) in [4.78, 5) is -1.03. The van der Waals surface area contributed by atoms with Crippen molar-refractivity contribution in [1.82, 2.24) is 0 Å². The zero-order chi connectivity index (χ0) is 25.0. The zero-order valence-corrected chi connectivity index (χ0v) is 19.0. The highest BCUT2D eigenvalue weighted by Gasteiger charge is 2.56. The molecule has 0 bridgehead atoms. The maximum absolute atomic E-state index is 16.2. The highest BCUT2D eigenvalue weighted by atomic mass is 32.3. The molecule has 3 rings (SSSR count). The fourth-order valence-corrected chi connectivity index (χ4v) is 7.09. The molecule has 0 unspecified atom stereocenters. The highest BCUT2D eigenvalue weighted by molar-refractivity contribution is 8.10. The first kappa shape index (κ1) is 25.4. The molecule has 0 saturated carbocycles. The molecule has 0 amide bonds. The van der Waals surface area contributed by atoms with E-state index < -0.39 is 52.0 Å². The molecule has 4 nitrogen and oxygen atoms in total. The van der Waals surface area contributed by atoms with Gasteiger partial charge in [0.25, 0.3) is 0 Å². The van der Waals surface area contributed by atoms with Crippen LogP contribution in [0.3, 0.4) is 0 Å². The van der Waals surface area contributed by atoms with Gasteiger partial charge in [-0.05, 0) is 54.1 Å². The minimum atomic E-state index is -5.04. The van der Waals surface area contributed by atoms with Gasteiger partial charge in [0.15, 0.2) is 0 Å². The summed E-state index contributed by atoms with van der Waals surface area (Å²) in [5.74, 6) is 0. The van der Waals surface area contributed by atoms with Gasteiger partial charge in [0.1, 0.15) is 0 Å². The molecule has 3 aromatic carbocycles. The maximum atomic E-state index is 16.2. The second-order valence-electron chi connectivity index (χ2n) is 7.13. The van der Waals surface area contributed by atoms with E-state index >= 15 is 4.39 Å². The summed E-state index contributed by atoms with van der Waals surface area (Å²) >= 11 is 0. The van der Waals surface area contributed by atoms with Crippen molar-refractivity contribution in [2.45, 2.75) is 26.7 Å². The Kier molecular flexibility index (Phi) is 7.16. The molecule has 0 saturated heterocycles. The van der Waals surface area contributed by atoms with Gasteiger partial charge in [-0.1, -0.05) is 48.5 Å². The number of alkyl halides is 4. The number of halogens is 4. The molecular weight excluding hydrogens is 492 g/mol. The normalized spacial score (nSPS) is 12.6. The Labute approximate surface area is 194 Å². The van der Waals surface area contributed by atoms with E-state index in [1.807, 2.05) is 0 Å². The van der Waals surface area contributed by atoms with E-state index in [4.69, 9.17) is 0 Å². The highest BCUT2D eigenvalue weighted by Crippen LogP contribution is 2.40. The number of benzene rings is 3. The third-order valence-electron chi connectivity index (χ3n) is 4.86. The third-order valence-corrected chi connectivity index (χ3v) is 9.90. The average Bonchev–Trinajstić information content (AvgIpc) is 2.82. The van der Waals surface area contributed by atoms with Gasteiger partial charge in [-0.3, -0.25) is 0 Å². The predicted molar refractivity (Wildman–Crippen MR) is 120 cm³/mol. The van der Waals surface area contributed by atoms with Crippen LogP contribution in [0.15, 0.2) is 107 Å². The van der Waals surface area contributed by atoms with Crippen LogP contribution in [0.5, 0.6) is 0 Å². The van der Waals surface area contributed by atoms with Gasteiger partial charge < -0.3 is 0 Å². The lowest BCUT2D eigenvalue weighted by Crippen LogP contribution is -2.42. The summed E-state index contributed by atoms with van der Waals surface area (Å²) in [7, 11) is -10.1. The fraction of sp³-hybridized carbons (Fsp3) is 0.125. The molecule has 0 aromatic heterocycles. The molecule has 0 N–H and O–H groups in total. The standard InChI is InChI=1S/C24H18F4O4S2/c25-23(33(29,30)21-10-3-1-4-11-21,34(31,32)22-12-5-2-6-13-22)18-8-7-9-19-14-16-20(17-15-19)24(26,27)28/h1-6,8-17H,18H2. The minimum absolute atomic E-state index is 0.269. The van der Waals surface area contributed by atoms with E-state index in [-0.39, 0.29) is 5.56 Å². The van der Waals surface area contributed by atoms with E-state index in [2.05, 4.69) is 5.73 Å². The fourth-order valence-electron chi connectivity index (χ4n) is 3.02. The molecule has 10 heteroatoms. The van der Waals surface area contributed by atoms with E-state index in [1.54, 1.807) is 0 Å². The van der Waals surface area contributed by atoms with Gasteiger partial charge in [-0.2, -0.15) is 13.2 Å². The third kappa shape index (κ3) is 4.99. The lowest BCUT2D eigenvalue weighted by molar-refractivity contribution is -0.137. The summed E-state index contributed by atoms with van der Waals surface area (Å²) < 4.78 is 103. The first-order valence-electron chi connectivity index (χ1n) is 9.76. The van der Waals surface area contributed by atoms with Crippen molar-refractivity contribution in [2.24, 2.45) is 0 Å². The van der Waals surface area contributed by atoms with Gasteiger partial charge in [0, 0.05) is 6.42 Å². The number of rotatable bonds is 7. The van der Waals surface area contributed by atoms with Crippen molar-refractivity contribution in [2.75, 3.05) is 0 Å². The zero-order valence-electron chi connectivity index (χ0n) is 17.4. The van der Waals surface area contributed by atoms with Crippen molar-refractivity contribution >= 4 is 25.8 Å². The Morgan fingerprint density at radius 1 is 0.676 bits per heavy atom. The van der Waals surface area contributed by atoms with Crippen LogP contribution in [0.25, 0.3) is 6.08 Å². The second-order valence-corrected chi connectivity index (χ2v) is 11.6.